The summed E-state index contributed by atoms with van der Waals surface area (Å²) in [5.41, 5.74) is 3.20. The van der Waals surface area contributed by atoms with Gasteiger partial charge in [-0.15, -0.1) is 0 Å². The molecule has 0 fully saturated rings. The van der Waals surface area contributed by atoms with Crippen molar-refractivity contribution in [2.24, 2.45) is 0 Å². The first-order valence-corrected chi connectivity index (χ1v) is 6.52. The molecule has 0 saturated carbocycles. The quantitative estimate of drug-likeness (QED) is 0.906. The van der Waals surface area contributed by atoms with Gasteiger partial charge in [0.1, 0.15) is 17.6 Å². The highest BCUT2D eigenvalue weighted by atomic mass is 16.5. The molecule has 0 saturated heterocycles. The lowest BCUT2D eigenvalue weighted by molar-refractivity contribution is 0.397. The maximum Gasteiger partial charge on any atom is 0.166 e. The van der Waals surface area contributed by atoms with Gasteiger partial charge in [-0.3, -0.25) is 0 Å². The molecule has 0 atom stereocenters. The third-order valence-electron chi connectivity index (χ3n) is 3.22. The van der Waals surface area contributed by atoms with Crippen molar-refractivity contribution in [3.05, 3.63) is 35.3 Å². The lowest BCUT2D eigenvalue weighted by atomic mass is 9.85. The van der Waals surface area contributed by atoms with Crippen molar-refractivity contribution in [1.82, 2.24) is 9.97 Å². The summed E-state index contributed by atoms with van der Waals surface area (Å²) >= 11 is 0. The van der Waals surface area contributed by atoms with Crippen LogP contribution < -0.4 is 4.74 Å². The number of nitrogens with one attached hydrogen (secondary N) is 1. The van der Waals surface area contributed by atoms with Crippen molar-refractivity contribution in [3.8, 4) is 23.1 Å². The number of nitriles is 1. The summed E-state index contributed by atoms with van der Waals surface area (Å²) in [4.78, 5) is 7.35. The summed E-state index contributed by atoms with van der Waals surface area (Å²) in [6, 6.07) is 8.07. The Morgan fingerprint density at radius 1 is 1.30 bits per heavy atom. The van der Waals surface area contributed by atoms with Gasteiger partial charge in [0, 0.05) is 11.1 Å². The zero-order chi connectivity index (χ0) is 14.9. The molecular weight excluding hydrogens is 250 g/mol. The van der Waals surface area contributed by atoms with Crippen LogP contribution in [0.2, 0.25) is 0 Å². The van der Waals surface area contributed by atoms with E-state index in [9.17, 15) is 0 Å². The lowest BCUT2D eigenvalue weighted by Crippen LogP contribution is -2.13. The normalized spacial score (nSPS) is 11.2. The van der Waals surface area contributed by atoms with Crippen LogP contribution in [0.5, 0.6) is 5.75 Å². The number of aryl methyl sites for hydroxylation is 1. The van der Waals surface area contributed by atoms with E-state index in [2.05, 4.69) is 42.9 Å². The van der Waals surface area contributed by atoms with Crippen LogP contribution >= 0.6 is 0 Å². The van der Waals surface area contributed by atoms with Crippen LogP contribution in [0.3, 0.4) is 0 Å². The first-order valence-electron chi connectivity index (χ1n) is 6.52. The van der Waals surface area contributed by atoms with Gasteiger partial charge in [0.2, 0.25) is 0 Å². The molecule has 0 spiro atoms. The molecule has 0 radical (unpaired) electrons. The number of ether oxygens (including phenoxy) is 1. The fraction of sp³-hybridized carbons (Fsp3) is 0.375. The van der Waals surface area contributed by atoms with Crippen LogP contribution in [0.15, 0.2) is 18.2 Å². The van der Waals surface area contributed by atoms with Gasteiger partial charge in [-0.05, 0) is 30.5 Å². The Bertz CT molecular complexity index is 672. The molecule has 0 aliphatic rings. The number of aromatic nitrogens is 2. The Hall–Kier alpha value is -2.28. The summed E-state index contributed by atoms with van der Waals surface area (Å²) in [5.74, 6) is 1.60. The fourth-order valence-corrected chi connectivity index (χ4v) is 2.23. The first-order chi connectivity index (χ1) is 9.36. The van der Waals surface area contributed by atoms with E-state index in [0.717, 1.165) is 28.4 Å². The topological polar surface area (TPSA) is 61.7 Å². The minimum absolute atomic E-state index is 0.0385. The molecular formula is C16H19N3O. The van der Waals surface area contributed by atoms with Crippen molar-refractivity contribution < 1.29 is 4.74 Å². The summed E-state index contributed by atoms with van der Waals surface area (Å²) in [6.45, 7) is 8.26. The molecule has 4 nitrogen and oxygen atoms in total. The van der Waals surface area contributed by atoms with Crippen LogP contribution in [0, 0.1) is 18.3 Å². The van der Waals surface area contributed by atoms with Crippen LogP contribution in [0.4, 0.5) is 0 Å². The van der Waals surface area contributed by atoms with Gasteiger partial charge in [-0.2, -0.15) is 5.26 Å². The standard InChI is InChI=1S/C16H19N3O/c1-10-18-13(9-17)15(19-10)11-6-7-14(20-5)12(8-11)16(2,3)4/h6-8H,1-5H3,(H,18,19). The van der Waals surface area contributed by atoms with Gasteiger partial charge in [0.15, 0.2) is 5.69 Å². The average Bonchev–Trinajstić information content (AvgIpc) is 2.78. The summed E-state index contributed by atoms with van der Waals surface area (Å²) in [5, 5.41) is 9.17. The molecule has 2 rings (SSSR count). The van der Waals surface area contributed by atoms with Crippen molar-refractivity contribution >= 4 is 0 Å². The molecule has 1 aromatic carbocycles. The number of rotatable bonds is 2. The van der Waals surface area contributed by atoms with E-state index in [-0.39, 0.29) is 5.41 Å². The van der Waals surface area contributed by atoms with Crippen molar-refractivity contribution in [1.29, 1.82) is 5.26 Å². The van der Waals surface area contributed by atoms with Gasteiger partial charge >= 0.3 is 0 Å². The van der Waals surface area contributed by atoms with E-state index < -0.39 is 0 Å². The summed E-state index contributed by atoms with van der Waals surface area (Å²) in [6.07, 6.45) is 0. The molecule has 2 aromatic rings. The average molecular weight is 269 g/mol. The van der Waals surface area contributed by atoms with Crippen molar-refractivity contribution in [2.75, 3.05) is 7.11 Å². The highest BCUT2D eigenvalue weighted by Crippen LogP contribution is 2.35. The first kappa shape index (κ1) is 14.1. The van der Waals surface area contributed by atoms with E-state index in [1.165, 1.54) is 0 Å². The van der Waals surface area contributed by atoms with E-state index in [0.29, 0.717) is 5.69 Å². The molecule has 4 heteroatoms. The second-order valence-electron chi connectivity index (χ2n) is 5.82. The molecule has 1 aromatic heterocycles. The number of aromatic amines is 1. The molecule has 0 bridgehead atoms. The van der Waals surface area contributed by atoms with Gasteiger partial charge in [0.05, 0.1) is 12.8 Å². The fourth-order valence-electron chi connectivity index (χ4n) is 2.23. The molecule has 0 unspecified atom stereocenters. The SMILES string of the molecule is COc1ccc(-c2[nH]c(C)nc2C#N)cc1C(C)(C)C. The number of benzene rings is 1. The minimum atomic E-state index is -0.0385. The Morgan fingerprint density at radius 2 is 2.00 bits per heavy atom. The third-order valence-corrected chi connectivity index (χ3v) is 3.22. The molecule has 0 amide bonds. The van der Waals surface area contributed by atoms with Crippen molar-refractivity contribution in [3.63, 3.8) is 0 Å². The van der Waals surface area contributed by atoms with Crippen molar-refractivity contribution in [2.45, 2.75) is 33.1 Å². The highest BCUT2D eigenvalue weighted by molar-refractivity contribution is 5.67. The molecule has 0 aliphatic heterocycles. The van der Waals surface area contributed by atoms with Crippen LogP contribution in [0.1, 0.15) is 37.9 Å². The maximum atomic E-state index is 9.17. The second-order valence-corrected chi connectivity index (χ2v) is 5.82. The predicted octanol–water partition coefficient (Wildman–Crippen LogP) is 3.56. The van der Waals surface area contributed by atoms with Crippen LogP contribution in [-0.4, -0.2) is 17.1 Å². The number of methoxy groups -OCH3 is 1. The molecule has 104 valence electrons. The van der Waals surface area contributed by atoms with Crippen LogP contribution in [-0.2, 0) is 5.41 Å². The number of H-pyrrole nitrogens is 1. The lowest BCUT2D eigenvalue weighted by Gasteiger charge is -2.22. The number of imidazole rings is 1. The number of nitrogens with zero attached hydrogens (tertiary/aromatic N) is 2. The highest BCUT2D eigenvalue weighted by Gasteiger charge is 2.21. The Kier molecular flexibility index (Phi) is 3.54. The monoisotopic (exact) mass is 269 g/mol. The predicted molar refractivity (Wildman–Crippen MR) is 78.7 cm³/mol. The molecule has 20 heavy (non-hydrogen) atoms. The Labute approximate surface area is 119 Å². The van der Waals surface area contributed by atoms with E-state index in [1.807, 2.05) is 19.1 Å². The van der Waals surface area contributed by atoms with E-state index in [4.69, 9.17) is 10.00 Å². The van der Waals surface area contributed by atoms with E-state index in [1.54, 1.807) is 7.11 Å². The number of hydrogen-bond donors (Lipinski definition) is 1. The van der Waals surface area contributed by atoms with Gasteiger partial charge in [-0.1, -0.05) is 20.8 Å². The number of hydrogen-bond acceptors (Lipinski definition) is 3. The van der Waals surface area contributed by atoms with E-state index >= 15 is 0 Å². The molecule has 1 N–H and O–H groups in total. The summed E-state index contributed by atoms with van der Waals surface area (Å²) in [7, 11) is 1.67. The smallest absolute Gasteiger partial charge is 0.166 e. The largest absolute Gasteiger partial charge is 0.496 e. The third kappa shape index (κ3) is 2.53. The minimum Gasteiger partial charge on any atom is -0.496 e. The second kappa shape index (κ2) is 5.01. The zero-order valence-electron chi connectivity index (χ0n) is 12.5. The Balaban J connectivity index is 2.62. The van der Waals surface area contributed by atoms with Gasteiger partial charge < -0.3 is 9.72 Å². The maximum absolute atomic E-state index is 9.17. The Morgan fingerprint density at radius 3 is 2.55 bits per heavy atom. The zero-order valence-corrected chi connectivity index (χ0v) is 12.5. The summed E-state index contributed by atoms with van der Waals surface area (Å²) < 4.78 is 5.43. The van der Waals surface area contributed by atoms with Crippen LogP contribution in [0.25, 0.3) is 11.3 Å². The molecule has 1 heterocycles. The van der Waals surface area contributed by atoms with Gasteiger partial charge in [0.25, 0.3) is 0 Å². The molecule has 0 aliphatic carbocycles. The van der Waals surface area contributed by atoms with Gasteiger partial charge in [-0.25, -0.2) is 4.98 Å².